The first kappa shape index (κ1) is 54.8. The summed E-state index contributed by atoms with van der Waals surface area (Å²) in [5.74, 6) is -0.603. The molecule has 0 bridgehead atoms. The van der Waals surface area contributed by atoms with Crippen molar-refractivity contribution in [2.75, 3.05) is 76.7 Å². The van der Waals surface area contributed by atoms with Gasteiger partial charge in [0.2, 0.25) is 29.5 Å². The van der Waals surface area contributed by atoms with E-state index in [9.17, 15) is 29.1 Å². The Bertz CT molecular complexity index is 3200. The first-order valence-corrected chi connectivity index (χ1v) is 27.8. The molecule has 3 fully saturated rings. The van der Waals surface area contributed by atoms with E-state index >= 15 is 4.39 Å². The topological polar surface area (TPSA) is 190 Å². The molecule has 2 aromatic heterocycles. The zero-order valence-corrected chi connectivity index (χ0v) is 45.3. The van der Waals surface area contributed by atoms with Crippen molar-refractivity contribution in [2.45, 2.75) is 76.8 Å². The Labute approximate surface area is 456 Å². The zero-order valence-electron chi connectivity index (χ0n) is 43.7. The van der Waals surface area contributed by atoms with E-state index in [4.69, 9.17) is 26.3 Å². The van der Waals surface area contributed by atoms with Crippen molar-refractivity contribution in [1.82, 2.24) is 35.0 Å². The number of thiazole rings is 1. The van der Waals surface area contributed by atoms with Gasteiger partial charge in [-0.15, -0.1) is 11.3 Å². The number of anilines is 2. The van der Waals surface area contributed by atoms with E-state index in [1.165, 1.54) is 28.4 Å². The molecule has 16 nitrogen and oxygen atoms in total. The monoisotopic (exact) mass is 1090 g/mol. The zero-order chi connectivity index (χ0) is 54.3. The minimum Gasteiger partial charge on any atom is -0.508 e. The van der Waals surface area contributed by atoms with Crippen LogP contribution in [0.5, 0.6) is 11.5 Å². The second-order valence-corrected chi connectivity index (χ2v) is 21.5. The first-order chi connectivity index (χ1) is 37.2. The van der Waals surface area contributed by atoms with Crippen LogP contribution in [-0.4, -0.2) is 137 Å². The quantitative estimate of drug-likeness (QED) is 0.0485. The number of ketones is 2. The van der Waals surface area contributed by atoms with Crippen LogP contribution in [-0.2, 0) is 19.2 Å². The third kappa shape index (κ3) is 12.2. The number of phenolic OH excluding ortho intramolecular Hbond substituents is 1. The Kier molecular flexibility index (Phi) is 17.4. The van der Waals surface area contributed by atoms with Gasteiger partial charge in [-0.1, -0.05) is 73.8 Å². The predicted molar refractivity (Wildman–Crippen MR) is 298 cm³/mol. The van der Waals surface area contributed by atoms with Gasteiger partial charge in [0.25, 0.3) is 0 Å². The third-order valence-corrected chi connectivity index (χ3v) is 16.6. The van der Waals surface area contributed by atoms with Crippen molar-refractivity contribution in [3.8, 4) is 22.6 Å². The summed E-state index contributed by atoms with van der Waals surface area (Å²) < 4.78 is 23.1. The second-order valence-electron chi connectivity index (χ2n) is 20.2. The van der Waals surface area contributed by atoms with Crippen LogP contribution in [0.15, 0.2) is 84.8 Å². The maximum Gasteiger partial charge on any atom is 0.246 e. The van der Waals surface area contributed by atoms with Crippen molar-refractivity contribution >= 4 is 85.7 Å². The summed E-state index contributed by atoms with van der Waals surface area (Å²) in [5, 5.41) is 21.1. The fraction of sp³-hybridized carbons (Fsp3) is 0.414. The van der Waals surface area contributed by atoms with E-state index in [1.54, 1.807) is 60.8 Å². The lowest BCUT2D eigenvalue weighted by Gasteiger charge is -2.35. The van der Waals surface area contributed by atoms with E-state index in [0.717, 1.165) is 44.9 Å². The van der Waals surface area contributed by atoms with Gasteiger partial charge in [0.15, 0.2) is 5.82 Å². The average Bonchev–Trinajstić information content (AvgIpc) is 4.17. The molecule has 19 heteroatoms. The van der Waals surface area contributed by atoms with Crippen LogP contribution in [0.4, 0.5) is 16.2 Å². The summed E-state index contributed by atoms with van der Waals surface area (Å²) in [6, 6.07) is 18.3. The Morgan fingerprint density at radius 3 is 2.49 bits per heavy atom. The molecule has 6 aromatic rings. The highest BCUT2D eigenvalue weighted by Gasteiger charge is 2.40. The minimum absolute atomic E-state index is 0.00956. The summed E-state index contributed by atoms with van der Waals surface area (Å²) in [6.07, 6.45) is 8.27. The number of likely N-dealkylation sites (tertiary alicyclic amines) is 1. The van der Waals surface area contributed by atoms with Crippen LogP contribution < -0.4 is 20.3 Å². The SMILES string of the molecule is C=CC(=O)N1CCN(c2nc(NCCC(=O)N(C)CCOc3cccc(C(=O)c4csc([C@@H]5CCCN5C(=O)[C@@H](CC(=O)[C@H](C)NC)C5CCCCC5)n4)c3)nc3c(F)c(-c4cc(O)cc5ccccc45)c(Cl)cc23)CC1. The maximum absolute atomic E-state index is 17.1. The molecule has 3 amide bonds. The number of nitrogens with one attached hydrogen (secondary N) is 2. The molecule has 404 valence electrons. The number of rotatable bonds is 20. The molecule has 0 radical (unpaired) electrons. The maximum atomic E-state index is 17.1. The fourth-order valence-corrected chi connectivity index (χ4v) is 12.1. The van der Waals surface area contributed by atoms with Crippen LogP contribution in [0.1, 0.15) is 91.8 Å². The van der Waals surface area contributed by atoms with Gasteiger partial charge in [0.1, 0.15) is 45.9 Å². The number of fused-ring (bicyclic) bond motifs is 2. The number of hydrogen-bond donors (Lipinski definition) is 3. The summed E-state index contributed by atoms with van der Waals surface area (Å²) in [5.41, 5.74) is 1.13. The lowest BCUT2D eigenvalue weighted by molar-refractivity contribution is -0.141. The number of benzene rings is 4. The van der Waals surface area contributed by atoms with Gasteiger partial charge < -0.3 is 40.1 Å². The molecule has 4 aromatic carbocycles. The number of carbonyl (C=O) groups excluding carboxylic acids is 5. The van der Waals surface area contributed by atoms with E-state index < -0.39 is 5.82 Å². The highest BCUT2D eigenvalue weighted by atomic mass is 35.5. The number of halogens is 2. The van der Waals surface area contributed by atoms with Crippen LogP contribution in [0.25, 0.3) is 32.8 Å². The number of ether oxygens (including phenoxy) is 1. The number of likely N-dealkylation sites (N-methyl/N-ethyl adjacent to an activating group) is 2. The number of piperazine rings is 1. The molecule has 0 spiro atoms. The van der Waals surface area contributed by atoms with Gasteiger partial charge in [-0.2, -0.15) is 4.98 Å². The minimum atomic E-state index is -0.705. The molecule has 0 unspecified atom stereocenters. The van der Waals surface area contributed by atoms with E-state index in [-0.39, 0.29) is 119 Å². The number of aromatic hydroxyl groups is 1. The highest BCUT2D eigenvalue weighted by Crippen LogP contribution is 2.43. The van der Waals surface area contributed by atoms with Crippen molar-refractivity contribution in [1.29, 1.82) is 0 Å². The van der Waals surface area contributed by atoms with Crippen molar-refractivity contribution in [3.05, 3.63) is 112 Å². The predicted octanol–water partition coefficient (Wildman–Crippen LogP) is 9.24. The summed E-state index contributed by atoms with van der Waals surface area (Å²) >= 11 is 8.28. The number of nitrogens with zero attached hydrogens (tertiary/aromatic N) is 7. The smallest absolute Gasteiger partial charge is 0.246 e. The van der Waals surface area contributed by atoms with Crippen molar-refractivity contribution in [3.63, 3.8) is 0 Å². The van der Waals surface area contributed by atoms with Gasteiger partial charge >= 0.3 is 0 Å². The van der Waals surface area contributed by atoms with Gasteiger partial charge in [0.05, 0.1) is 23.7 Å². The summed E-state index contributed by atoms with van der Waals surface area (Å²) in [4.78, 5) is 88.5. The molecule has 9 rings (SSSR count). The first-order valence-electron chi connectivity index (χ1n) is 26.5. The van der Waals surface area contributed by atoms with Crippen LogP contribution in [0.2, 0.25) is 5.02 Å². The normalized spacial score (nSPS) is 16.8. The van der Waals surface area contributed by atoms with E-state index in [1.807, 2.05) is 41.0 Å². The Hall–Kier alpha value is -7.02. The summed E-state index contributed by atoms with van der Waals surface area (Å²) in [6.45, 7) is 8.11. The van der Waals surface area contributed by atoms with Gasteiger partial charge in [0, 0.05) is 87.0 Å². The molecule has 3 atom stereocenters. The second kappa shape index (κ2) is 24.5. The number of phenols is 1. The molecule has 3 aliphatic rings. The lowest BCUT2D eigenvalue weighted by atomic mass is 9.76. The Morgan fingerprint density at radius 1 is 0.948 bits per heavy atom. The average molecular weight is 1090 g/mol. The van der Waals surface area contributed by atoms with Gasteiger partial charge in [-0.3, -0.25) is 24.0 Å². The molecule has 77 heavy (non-hydrogen) atoms. The molecule has 1 saturated carbocycles. The Morgan fingerprint density at radius 2 is 1.73 bits per heavy atom. The molecule has 3 N–H and O–H groups in total. The van der Waals surface area contributed by atoms with Crippen LogP contribution in [0.3, 0.4) is 0 Å². The standard InChI is InChI=1S/C58H65ClFN9O7S/c1-5-49(72)67-23-25-68(26-24-67)55-44-32-45(59)51(43-31-39(70)29-37-15-9-10-18-41(37)43)52(60)53(44)64-58(65-55)62-21-20-50(73)66(4)27-28-76-40-17-11-16-38(30-40)54(74)46-34-77-56(63-46)47-19-12-22-69(47)57(75)42(33-48(71)35(2)61-3)36-13-7-6-8-14-36/h5,9-11,15-18,29-32,34-36,42,47,61,70H,1,6-8,12-14,19-28,33H2,2-4H3,(H,62,64,65)/t35-,42-,47-/m0/s1. The molecule has 2 saturated heterocycles. The number of hydrogen-bond acceptors (Lipinski definition) is 14. The van der Waals surface area contributed by atoms with Crippen molar-refractivity contribution < 1.29 is 38.2 Å². The van der Waals surface area contributed by atoms with Gasteiger partial charge in [-0.25, -0.2) is 14.4 Å². The van der Waals surface area contributed by atoms with E-state index in [2.05, 4.69) is 22.2 Å². The number of aromatic nitrogens is 3. The largest absolute Gasteiger partial charge is 0.508 e. The number of Topliss-reactive ketones (excluding diaryl/α,β-unsaturated/α-hetero) is 1. The summed E-state index contributed by atoms with van der Waals surface area (Å²) in [7, 11) is 3.43. The Balaban J connectivity index is 0.826. The molecule has 4 heterocycles. The molecular formula is C58H65ClFN9O7S. The van der Waals surface area contributed by atoms with Crippen molar-refractivity contribution in [2.24, 2.45) is 11.8 Å². The van der Waals surface area contributed by atoms with E-state index in [0.29, 0.717) is 76.6 Å². The third-order valence-electron chi connectivity index (χ3n) is 15.3. The van der Waals surface area contributed by atoms with Crippen LogP contribution >= 0.6 is 22.9 Å². The fourth-order valence-electron chi connectivity index (χ4n) is 10.9. The lowest BCUT2D eigenvalue weighted by Crippen LogP contribution is -2.48. The number of carbonyl (C=O) groups is 5. The van der Waals surface area contributed by atoms with Gasteiger partial charge in [-0.05, 0) is 98.3 Å². The molecule has 1 aliphatic carbocycles. The highest BCUT2D eigenvalue weighted by molar-refractivity contribution is 7.10. The van der Waals surface area contributed by atoms with Crippen LogP contribution in [0, 0.1) is 17.7 Å². The molecular weight excluding hydrogens is 1020 g/mol. The molecule has 2 aliphatic heterocycles. The number of amides is 3.